The number of rotatable bonds is 4. The molecule has 102 valence electrons. The first-order valence-corrected chi connectivity index (χ1v) is 7.14. The normalized spacial score (nSPS) is 17.7. The largest absolute Gasteiger partial charge is 0.428 e. The summed E-state index contributed by atoms with van der Waals surface area (Å²) in [6.07, 6.45) is 6.86. The Morgan fingerprint density at radius 1 is 1.21 bits per heavy atom. The fourth-order valence-electron chi connectivity index (χ4n) is 2.91. The molecule has 2 heteroatoms. The minimum absolute atomic E-state index is 0.00267. The standard InChI is InChI=1S/C17H22O2/c1-3-17(12-8-5-9-13-17)14(2)19-16(18)15-10-6-4-7-11-15/h4,6-7,10-11H,2-3,5,8-9,12-13H2,1H3. The predicted octanol–water partition coefficient (Wildman–Crippen LogP) is 4.72. The van der Waals surface area contributed by atoms with Crippen molar-refractivity contribution < 1.29 is 9.53 Å². The second-order valence-corrected chi connectivity index (χ2v) is 5.37. The number of ether oxygens (including phenoxy) is 1. The van der Waals surface area contributed by atoms with Crippen LogP contribution in [-0.2, 0) is 4.74 Å². The van der Waals surface area contributed by atoms with Crippen LogP contribution >= 0.6 is 0 Å². The lowest BCUT2D eigenvalue weighted by Gasteiger charge is -2.37. The summed E-state index contributed by atoms with van der Waals surface area (Å²) in [6, 6.07) is 9.12. The SMILES string of the molecule is C=C(OC(=O)c1ccccc1)C1(CC)CCCCC1. The lowest BCUT2D eigenvalue weighted by Crippen LogP contribution is -2.28. The van der Waals surface area contributed by atoms with Crippen LogP contribution < -0.4 is 0 Å². The molecule has 0 aromatic heterocycles. The quantitative estimate of drug-likeness (QED) is 0.577. The highest BCUT2D eigenvalue weighted by molar-refractivity contribution is 5.90. The van der Waals surface area contributed by atoms with Crippen molar-refractivity contribution in [2.24, 2.45) is 5.41 Å². The summed E-state index contributed by atoms with van der Waals surface area (Å²) in [4.78, 5) is 12.1. The van der Waals surface area contributed by atoms with Gasteiger partial charge in [0.2, 0.25) is 0 Å². The van der Waals surface area contributed by atoms with Gasteiger partial charge in [-0.3, -0.25) is 0 Å². The van der Waals surface area contributed by atoms with E-state index >= 15 is 0 Å². The summed E-state index contributed by atoms with van der Waals surface area (Å²) in [5, 5.41) is 0. The molecule has 0 N–H and O–H groups in total. The molecule has 1 saturated carbocycles. The van der Waals surface area contributed by atoms with E-state index in [4.69, 9.17) is 4.74 Å². The third-order valence-electron chi connectivity index (χ3n) is 4.30. The molecule has 2 nitrogen and oxygen atoms in total. The molecule has 0 bridgehead atoms. The van der Waals surface area contributed by atoms with E-state index in [1.54, 1.807) is 12.1 Å². The van der Waals surface area contributed by atoms with Crippen LogP contribution in [0.5, 0.6) is 0 Å². The van der Waals surface area contributed by atoms with Crippen molar-refractivity contribution in [1.29, 1.82) is 0 Å². The molecule has 0 radical (unpaired) electrons. The summed E-state index contributed by atoms with van der Waals surface area (Å²) in [5.74, 6) is 0.368. The van der Waals surface area contributed by atoms with Crippen molar-refractivity contribution >= 4 is 5.97 Å². The van der Waals surface area contributed by atoms with Crippen molar-refractivity contribution in [3.63, 3.8) is 0 Å². The molecule has 0 aliphatic heterocycles. The van der Waals surface area contributed by atoms with Crippen molar-refractivity contribution in [2.75, 3.05) is 0 Å². The van der Waals surface area contributed by atoms with Gasteiger partial charge in [-0.05, 0) is 31.4 Å². The maximum atomic E-state index is 12.1. The fourth-order valence-corrected chi connectivity index (χ4v) is 2.91. The minimum Gasteiger partial charge on any atom is -0.428 e. The van der Waals surface area contributed by atoms with Crippen LogP contribution in [0, 0.1) is 5.41 Å². The zero-order valence-corrected chi connectivity index (χ0v) is 11.7. The average Bonchev–Trinajstić information content (AvgIpc) is 2.48. The summed E-state index contributed by atoms with van der Waals surface area (Å²) in [7, 11) is 0. The van der Waals surface area contributed by atoms with Gasteiger partial charge in [0.15, 0.2) is 0 Å². The molecule has 0 saturated heterocycles. The van der Waals surface area contributed by atoms with Gasteiger partial charge in [0, 0.05) is 5.41 Å². The van der Waals surface area contributed by atoms with Crippen molar-refractivity contribution in [3.8, 4) is 0 Å². The molecule has 1 aromatic rings. The van der Waals surface area contributed by atoms with Crippen molar-refractivity contribution in [1.82, 2.24) is 0 Å². The third-order valence-corrected chi connectivity index (χ3v) is 4.30. The Kier molecular flexibility index (Phi) is 4.41. The Bertz CT molecular complexity index is 442. The first-order valence-electron chi connectivity index (χ1n) is 7.14. The molecule has 0 atom stereocenters. The average molecular weight is 258 g/mol. The monoisotopic (exact) mass is 258 g/mol. The Labute approximate surface area is 115 Å². The van der Waals surface area contributed by atoms with Gasteiger partial charge < -0.3 is 4.74 Å². The van der Waals surface area contributed by atoms with E-state index in [0.717, 1.165) is 19.3 Å². The predicted molar refractivity (Wildman–Crippen MR) is 76.8 cm³/mol. The number of carbonyl (C=O) groups is 1. The van der Waals surface area contributed by atoms with Gasteiger partial charge >= 0.3 is 5.97 Å². The molecule has 0 unspecified atom stereocenters. The van der Waals surface area contributed by atoms with E-state index in [1.165, 1.54) is 19.3 Å². The Hall–Kier alpha value is -1.57. The number of carbonyl (C=O) groups excluding carboxylic acids is 1. The van der Waals surface area contributed by atoms with Crippen molar-refractivity contribution in [3.05, 3.63) is 48.2 Å². The number of benzene rings is 1. The lowest BCUT2D eigenvalue weighted by atomic mass is 9.71. The second kappa shape index (κ2) is 6.05. The maximum absolute atomic E-state index is 12.1. The van der Waals surface area contributed by atoms with E-state index in [1.807, 2.05) is 18.2 Å². The molecule has 0 amide bonds. The Morgan fingerprint density at radius 3 is 2.42 bits per heavy atom. The van der Waals surface area contributed by atoms with E-state index in [2.05, 4.69) is 13.5 Å². The number of hydrogen-bond donors (Lipinski definition) is 0. The van der Waals surface area contributed by atoms with Gasteiger partial charge in [-0.15, -0.1) is 0 Å². The van der Waals surface area contributed by atoms with Gasteiger partial charge in [-0.2, -0.15) is 0 Å². The third kappa shape index (κ3) is 3.06. The molecule has 0 spiro atoms. The first kappa shape index (κ1) is 13.9. The van der Waals surface area contributed by atoms with Crippen LogP contribution in [0.1, 0.15) is 55.8 Å². The fraction of sp³-hybridized carbons (Fsp3) is 0.471. The van der Waals surface area contributed by atoms with E-state index in [-0.39, 0.29) is 11.4 Å². The second-order valence-electron chi connectivity index (χ2n) is 5.37. The molecule has 0 heterocycles. The molecule has 1 aliphatic rings. The van der Waals surface area contributed by atoms with E-state index in [9.17, 15) is 4.79 Å². The molecular formula is C17H22O2. The zero-order chi connectivity index (χ0) is 13.7. The van der Waals surface area contributed by atoms with Gasteiger partial charge in [0.05, 0.1) is 5.56 Å². The summed E-state index contributed by atoms with van der Waals surface area (Å²) >= 11 is 0. The highest BCUT2D eigenvalue weighted by Gasteiger charge is 2.35. The number of esters is 1. The molecule has 19 heavy (non-hydrogen) atoms. The first-order chi connectivity index (χ1) is 9.18. The Balaban J connectivity index is 2.05. The highest BCUT2D eigenvalue weighted by Crippen LogP contribution is 2.45. The molecule has 1 aromatic carbocycles. The number of hydrogen-bond acceptors (Lipinski definition) is 2. The van der Waals surface area contributed by atoms with Gasteiger partial charge in [-0.1, -0.05) is 51.0 Å². The smallest absolute Gasteiger partial charge is 0.343 e. The van der Waals surface area contributed by atoms with Crippen molar-refractivity contribution in [2.45, 2.75) is 45.4 Å². The minimum atomic E-state index is -0.288. The van der Waals surface area contributed by atoms with E-state index in [0.29, 0.717) is 11.3 Å². The zero-order valence-electron chi connectivity index (χ0n) is 11.7. The maximum Gasteiger partial charge on any atom is 0.343 e. The highest BCUT2D eigenvalue weighted by atomic mass is 16.5. The Morgan fingerprint density at radius 2 is 1.84 bits per heavy atom. The topological polar surface area (TPSA) is 26.3 Å². The molecular weight excluding hydrogens is 236 g/mol. The van der Waals surface area contributed by atoms with Crippen LogP contribution in [0.15, 0.2) is 42.7 Å². The van der Waals surface area contributed by atoms with Crippen LogP contribution in [-0.4, -0.2) is 5.97 Å². The van der Waals surface area contributed by atoms with Crippen LogP contribution in [0.3, 0.4) is 0 Å². The van der Waals surface area contributed by atoms with Gasteiger partial charge in [0.1, 0.15) is 5.76 Å². The van der Waals surface area contributed by atoms with Gasteiger partial charge in [-0.25, -0.2) is 4.79 Å². The summed E-state index contributed by atoms with van der Waals surface area (Å²) < 4.78 is 5.54. The van der Waals surface area contributed by atoms with Crippen LogP contribution in [0.2, 0.25) is 0 Å². The number of allylic oxidation sites excluding steroid dienone is 1. The summed E-state index contributed by atoms with van der Waals surface area (Å²) in [5.41, 5.74) is 0.591. The lowest BCUT2D eigenvalue weighted by molar-refractivity contribution is 0.0469. The van der Waals surface area contributed by atoms with Crippen LogP contribution in [0.25, 0.3) is 0 Å². The van der Waals surface area contributed by atoms with E-state index < -0.39 is 0 Å². The van der Waals surface area contributed by atoms with Gasteiger partial charge in [0.25, 0.3) is 0 Å². The summed E-state index contributed by atoms with van der Waals surface area (Å²) in [6.45, 7) is 6.20. The molecule has 1 fully saturated rings. The molecule has 2 rings (SSSR count). The molecule has 1 aliphatic carbocycles. The van der Waals surface area contributed by atoms with Crippen LogP contribution in [0.4, 0.5) is 0 Å².